The summed E-state index contributed by atoms with van der Waals surface area (Å²) in [5, 5.41) is 0. The molecule has 2 aliphatic heterocycles. The maximum absolute atomic E-state index is 13.8. The van der Waals surface area contributed by atoms with Gasteiger partial charge in [0.25, 0.3) is 11.8 Å². The van der Waals surface area contributed by atoms with Crippen LogP contribution in [-0.4, -0.2) is 47.2 Å². The highest BCUT2D eigenvalue weighted by Gasteiger charge is 2.34. The Morgan fingerprint density at radius 2 is 1.53 bits per heavy atom. The van der Waals surface area contributed by atoms with Gasteiger partial charge in [0.2, 0.25) is 5.91 Å². The number of fused-ring (bicyclic) bond motifs is 1. The van der Waals surface area contributed by atoms with Gasteiger partial charge in [-0.2, -0.15) is 0 Å². The van der Waals surface area contributed by atoms with Crippen LogP contribution in [0.25, 0.3) is 6.08 Å². The first-order chi connectivity index (χ1) is 14.5. The van der Waals surface area contributed by atoms with Crippen LogP contribution in [0, 0.1) is 5.82 Å². The largest absolute Gasteiger partial charge is 0.342 e. The van der Waals surface area contributed by atoms with E-state index < -0.39 is 0 Å². The van der Waals surface area contributed by atoms with E-state index in [9.17, 15) is 18.8 Å². The van der Waals surface area contributed by atoms with Crippen LogP contribution < -0.4 is 0 Å². The van der Waals surface area contributed by atoms with Gasteiger partial charge in [0.1, 0.15) is 5.82 Å². The molecule has 0 saturated carbocycles. The summed E-state index contributed by atoms with van der Waals surface area (Å²) in [4.78, 5) is 40.3. The van der Waals surface area contributed by atoms with Crippen LogP contribution in [0.2, 0.25) is 0 Å². The van der Waals surface area contributed by atoms with E-state index in [1.807, 2.05) is 12.1 Å². The van der Waals surface area contributed by atoms with Crippen LogP contribution in [0.5, 0.6) is 0 Å². The molecule has 3 amide bonds. The number of likely N-dealkylation sites (tertiary alicyclic amines) is 1. The molecule has 0 N–H and O–H groups in total. The summed E-state index contributed by atoms with van der Waals surface area (Å²) in [6, 6.07) is 13.5. The lowest BCUT2D eigenvalue weighted by Gasteiger charge is -2.29. The molecule has 0 aliphatic carbocycles. The normalized spacial score (nSPS) is 16.1. The van der Waals surface area contributed by atoms with E-state index in [1.54, 1.807) is 41.3 Å². The van der Waals surface area contributed by atoms with Crippen LogP contribution in [0.1, 0.15) is 52.0 Å². The number of rotatable bonds is 5. The van der Waals surface area contributed by atoms with Crippen molar-refractivity contribution in [2.75, 3.05) is 19.6 Å². The Hall–Kier alpha value is -3.28. The van der Waals surface area contributed by atoms with Crippen molar-refractivity contribution in [1.82, 2.24) is 9.80 Å². The third-order valence-electron chi connectivity index (χ3n) is 5.67. The summed E-state index contributed by atoms with van der Waals surface area (Å²) in [6.07, 6.45) is 4.05. The predicted octanol–water partition coefficient (Wildman–Crippen LogP) is 3.91. The van der Waals surface area contributed by atoms with Crippen molar-refractivity contribution in [3.05, 3.63) is 76.6 Å². The van der Waals surface area contributed by atoms with Crippen molar-refractivity contribution in [3.63, 3.8) is 0 Å². The van der Waals surface area contributed by atoms with E-state index in [4.69, 9.17) is 0 Å². The number of carbonyl (C=O) groups is 3. The molecule has 1 saturated heterocycles. The third-order valence-corrected chi connectivity index (χ3v) is 5.67. The summed E-state index contributed by atoms with van der Waals surface area (Å²) >= 11 is 0. The molecule has 2 aromatic rings. The smallest absolute Gasteiger partial charge is 0.261 e. The van der Waals surface area contributed by atoms with Gasteiger partial charge in [-0.3, -0.25) is 19.3 Å². The van der Waals surface area contributed by atoms with Crippen molar-refractivity contribution < 1.29 is 18.8 Å². The molecule has 30 heavy (non-hydrogen) atoms. The number of hydrogen-bond donors (Lipinski definition) is 0. The fraction of sp³-hybridized carbons (Fsp3) is 0.292. The number of benzene rings is 2. The lowest BCUT2D eigenvalue weighted by molar-refractivity contribution is -0.131. The van der Waals surface area contributed by atoms with E-state index in [0.29, 0.717) is 42.6 Å². The van der Waals surface area contributed by atoms with Crippen LogP contribution in [-0.2, 0) is 4.79 Å². The van der Waals surface area contributed by atoms with Gasteiger partial charge in [0.15, 0.2) is 0 Å². The van der Waals surface area contributed by atoms with E-state index in [0.717, 1.165) is 18.4 Å². The Morgan fingerprint density at radius 3 is 2.17 bits per heavy atom. The predicted molar refractivity (Wildman–Crippen MR) is 111 cm³/mol. The Kier molecular flexibility index (Phi) is 5.74. The number of nitrogens with zero attached hydrogens (tertiary/aromatic N) is 2. The van der Waals surface area contributed by atoms with Crippen molar-refractivity contribution in [2.45, 2.75) is 25.7 Å². The van der Waals surface area contributed by atoms with Gasteiger partial charge in [-0.1, -0.05) is 42.0 Å². The summed E-state index contributed by atoms with van der Waals surface area (Å²) in [5.74, 6) is -0.791. The second-order valence-electron chi connectivity index (χ2n) is 7.62. The molecule has 2 aromatic carbocycles. The fourth-order valence-corrected chi connectivity index (χ4v) is 3.99. The zero-order valence-corrected chi connectivity index (χ0v) is 16.6. The lowest BCUT2D eigenvalue weighted by atomic mass is 10.0. The topological polar surface area (TPSA) is 57.7 Å². The Labute approximate surface area is 174 Å². The van der Waals surface area contributed by atoms with Crippen LogP contribution in [0.4, 0.5) is 4.39 Å². The molecule has 4 rings (SSSR count). The molecule has 2 heterocycles. The van der Waals surface area contributed by atoms with Crippen molar-refractivity contribution in [1.29, 1.82) is 0 Å². The second-order valence-corrected chi connectivity index (χ2v) is 7.62. The minimum atomic E-state index is -0.288. The van der Waals surface area contributed by atoms with Crippen molar-refractivity contribution in [2.24, 2.45) is 0 Å². The minimum absolute atomic E-state index is 0.0246. The van der Waals surface area contributed by atoms with E-state index in [1.165, 1.54) is 11.0 Å². The van der Waals surface area contributed by atoms with Crippen molar-refractivity contribution in [3.8, 4) is 0 Å². The van der Waals surface area contributed by atoms with Gasteiger partial charge in [-0.15, -0.1) is 0 Å². The molecular weight excluding hydrogens is 383 g/mol. The number of piperidine rings is 1. The Bertz CT molecular complexity index is 986. The summed E-state index contributed by atoms with van der Waals surface area (Å²) in [7, 11) is 0. The molecule has 154 valence electrons. The molecule has 0 spiro atoms. The first-order valence-corrected chi connectivity index (χ1v) is 10.2. The van der Waals surface area contributed by atoms with Gasteiger partial charge in [0, 0.05) is 31.6 Å². The zero-order valence-electron chi connectivity index (χ0n) is 16.6. The van der Waals surface area contributed by atoms with Gasteiger partial charge in [0.05, 0.1) is 11.1 Å². The highest BCUT2D eigenvalue weighted by molar-refractivity contribution is 6.21. The number of imide groups is 1. The van der Waals surface area contributed by atoms with E-state index in [2.05, 4.69) is 0 Å². The highest BCUT2D eigenvalue weighted by atomic mass is 19.1. The van der Waals surface area contributed by atoms with Crippen LogP contribution in [0.3, 0.4) is 0 Å². The number of hydrogen-bond acceptors (Lipinski definition) is 3. The monoisotopic (exact) mass is 406 g/mol. The maximum Gasteiger partial charge on any atom is 0.261 e. The average Bonchev–Trinajstić information content (AvgIpc) is 3.01. The molecule has 2 aliphatic rings. The molecule has 0 unspecified atom stereocenters. The van der Waals surface area contributed by atoms with E-state index >= 15 is 0 Å². The third kappa shape index (κ3) is 4.03. The number of halogens is 1. The Balaban J connectivity index is 1.26. The molecule has 0 aromatic heterocycles. The van der Waals surface area contributed by atoms with Gasteiger partial charge < -0.3 is 4.90 Å². The first-order valence-electron chi connectivity index (χ1n) is 10.2. The van der Waals surface area contributed by atoms with Crippen molar-refractivity contribution >= 4 is 23.8 Å². The average molecular weight is 406 g/mol. The summed E-state index contributed by atoms with van der Waals surface area (Å²) < 4.78 is 13.8. The van der Waals surface area contributed by atoms with Gasteiger partial charge >= 0.3 is 0 Å². The standard InChI is InChI=1S/C24H23FN2O3/c25-21-9-4-1-6-18(21)16-17-11-14-26(15-12-17)22(28)10-5-13-27-23(29)19-7-2-3-8-20(19)24(27)30/h1-4,6-9,16H,5,10-15H2. The maximum atomic E-state index is 13.8. The number of carbonyl (C=O) groups excluding carboxylic acids is 3. The van der Waals surface area contributed by atoms with E-state index in [-0.39, 0.29) is 30.1 Å². The molecule has 5 nitrogen and oxygen atoms in total. The highest BCUT2D eigenvalue weighted by Crippen LogP contribution is 2.24. The quantitative estimate of drug-likeness (QED) is 0.708. The molecule has 0 atom stereocenters. The second kappa shape index (κ2) is 8.61. The molecule has 6 heteroatoms. The SMILES string of the molecule is O=C(CCCN1C(=O)c2ccccc2C1=O)N1CCC(=Cc2ccccc2F)CC1. The lowest BCUT2D eigenvalue weighted by Crippen LogP contribution is -2.37. The van der Waals surface area contributed by atoms with Crippen LogP contribution >= 0.6 is 0 Å². The van der Waals surface area contributed by atoms with Crippen LogP contribution in [0.15, 0.2) is 54.1 Å². The molecular formula is C24H23FN2O3. The summed E-state index contributed by atoms with van der Waals surface area (Å²) in [6.45, 7) is 1.45. The molecule has 1 fully saturated rings. The Morgan fingerprint density at radius 1 is 0.933 bits per heavy atom. The zero-order chi connectivity index (χ0) is 21.1. The van der Waals surface area contributed by atoms with Gasteiger partial charge in [-0.05, 0) is 37.5 Å². The summed E-state index contributed by atoms with van der Waals surface area (Å²) in [5.41, 5.74) is 2.57. The molecule has 0 radical (unpaired) electrons. The molecule has 0 bridgehead atoms. The van der Waals surface area contributed by atoms with Gasteiger partial charge in [-0.25, -0.2) is 4.39 Å². The number of amides is 3. The minimum Gasteiger partial charge on any atom is -0.342 e. The first kappa shape index (κ1) is 20.0. The fourth-order valence-electron chi connectivity index (χ4n) is 3.99.